The molecular formula is C8H8N2O. The molecule has 3 nitrogen and oxygen atoms in total. The van der Waals surface area contributed by atoms with Gasteiger partial charge in [-0.15, -0.1) is 6.42 Å². The Morgan fingerprint density at radius 2 is 2.45 bits per heavy atom. The van der Waals surface area contributed by atoms with E-state index in [4.69, 9.17) is 11.2 Å². The van der Waals surface area contributed by atoms with Crippen LogP contribution in [0.4, 0.5) is 0 Å². The predicted octanol–water partition coefficient (Wildman–Crippen LogP) is 0.797. The van der Waals surface area contributed by atoms with Gasteiger partial charge in [-0.3, -0.25) is 0 Å². The number of hydrogen-bond donors (Lipinski definition) is 0. The molecule has 0 N–H and O–H groups in total. The molecule has 1 aromatic heterocycles. The van der Waals surface area contributed by atoms with Crippen LogP contribution in [0.25, 0.3) is 0 Å². The molecule has 0 saturated carbocycles. The second kappa shape index (κ2) is 3.57. The summed E-state index contributed by atoms with van der Waals surface area (Å²) >= 11 is 0. The van der Waals surface area contributed by atoms with E-state index in [1.165, 1.54) is 6.33 Å². The fraction of sp³-hybridized carbons (Fsp3) is 0.250. The third-order valence-electron chi connectivity index (χ3n) is 1.08. The molecule has 1 aromatic rings. The van der Waals surface area contributed by atoms with Gasteiger partial charge in [0.25, 0.3) is 0 Å². The Morgan fingerprint density at radius 3 is 3.09 bits per heavy atom. The number of nitrogens with zero attached hydrogens (tertiary/aromatic N) is 2. The first kappa shape index (κ1) is 7.55. The minimum absolute atomic E-state index is 0.246. The van der Waals surface area contributed by atoms with Gasteiger partial charge in [0, 0.05) is 11.8 Å². The highest BCUT2D eigenvalue weighted by Crippen LogP contribution is 2.04. The fourth-order valence-corrected chi connectivity index (χ4v) is 0.625. The topological polar surface area (TPSA) is 35.0 Å². The predicted molar refractivity (Wildman–Crippen MR) is 41.1 cm³/mol. The third kappa shape index (κ3) is 2.26. The van der Waals surface area contributed by atoms with Crippen molar-refractivity contribution in [1.29, 1.82) is 0 Å². The fourth-order valence-electron chi connectivity index (χ4n) is 0.625. The molecule has 0 radical (unpaired) electrons. The lowest BCUT2D eigenvalue weighted by Crippen LogP contribution is -1.96. The Kier molecular flexibility index (Phi) is 2.45. The molecule has 1 rings (SSSR count). The zero-order valence-electron chi connectivity index (χ0n) is 6.24. The maximum atomic E-state index is 5.05. The van der Waals surface area contributed by atoms with Gasteiger partial charge in [-0.25, -0.2) is 9.97 Å². The molecule has 0 aliphatic rings. The van der Waals surface area contributed by atoms with Gasteiger partial charge in [-0.05, 0) is 6.92 Å². The molecule has 0 aliphatic heterocycles. The summed E-state index contributed by atoms with van der Waals surface area (Å²) in [5, 5.41) is 0. The van der Waals surface area contributed by atoms with Crippen molar-refractivity contribution in [2.75, 3.05) is 6.61 Å². The summed E-state index contributed by atoms with van der Waals surface area (Å²) in [6.45, 7) is 2.11. The van der Waals surface area contributed by atoms with Crippen molar-refractivity contribution in [2.24, 2.45) is 0 Å². The maximum absolute atomic E-state index is 5.05. The molecule has 1 heterocycles. The molecule has 0 unspecified atom stereocenters. The van der Waals surface area contributed by atoms with Crippen LogP contribution in [0.3, 0.4) is 0 Å². The maximum Gasteiger partial charge on any atom is 0.217 e. The highest BCUT2D eigenvalue weighted by Gasteiger charge is 1.92. The van der Waals surface area contributed by atoms with Gasteiger partial charge in [0.2, 0.25) is 5.88 Å². The summed E-state index contributed by atoms with van der Waals surface area (Å²) in [5.41, 5.74) is 0.868. The van der Waals surface area contributed by atoms with Gasteiger partial charge in [-0.2, -0.15) is 0 Å². The Hall–Kier alpha value is -1.56. The van der Waals surface area contributed by atoms with Crippen molar-refractivity contribution >= 4 is 0 Å². The first-order valence-corrected chi connectivity index (χ1v) is 3.18. The number of rotatable bonds is 2. The van der Waals surface area contributed by atoms with Gasteiger partial charge in [0.1, 0.15) is 6.33 Å². The lowest BCUT2D eigenvalue weighted by atomic mass is 10.4. The first-order valence-electron chi connectivity index (χ1n) is 3.18. The van der Waals surface area contributed by atoms with Gasteiger partial charge in [0.15, 0.2) is 6.61 Å². The molecule has 0 atom stereocenters. The SMILES string of the molecule is C#CCOc1cc(C)ncn1. The lowest BCUT2D eigenvalue weighted by molar-refractivity contribution is 0.354. The molecular weight excluding hydrogens is 140 g/mol. The molecule has 0 aromatic carbocycles. The second-order valence-electron chi connectivity index (χ2n) is 1.99. The number of ether oxygens (including phenoxy) is 1. The minimum Gasteiger partial charge on any atom is -0.464 e. The average molecular weight is 148 g/mol. The van der Waals surface area contributed by atoms with E-state index >= 15 is 0 Å². The monoisotopic (exact) mass is 148 g/mol. The minimum atomic E-state index is 0.246. The van der Waals surface area contributed by atoms with Crippen LogP contribution in [-0.2, 0) is 0 Å². The molecule has 0 spiro atoms. The number of aromatic nitrogens is 2. The van der Waals surface area contributed by atoms with E-state index in [0.717, 1.165) is 5.69 Å². The highest BCUT2D eigenvalue weighted by molar-refractivity contribution is 5.12. The summed E-state index contributed by atoms with van der Waals surface area (Å²) < 4.78 is 5.05. The number of terminal acetylenes is 1. The zero-order valence-corrected chi connectivity index (χ0v) is 6.24. The van der Waals surface area contributed by atoms with Crippen LogP contribution in [0.5, 0.6) is 5.88 Å². The Labute approximate surface area is 65.4 Å². The summed E-state index contributed by atoms with van der Waals surface area (Å²) in [6, 6.07) is 1.73. The highest BCUT2D eigenvalue weighted by atomic mass is 16.5. The van der Waals surface area contributed by atoms with E-state index < -0.39 is 0 Å². The number of aryl methyl sites for hydroxylation is 1. The van der Waals surface area contributed by atoms with Crippen molar-refractivity contribution < 1.29 is 4.74 Å². The molecule has 0 aliphatic carbocycles. The van der Waals surface area contributed by atoms with Crippen molar-refractivity contribution in [2.45, 2.75) is 6.92 Å². The van der Waals surface area contributed by atoms with Crippen molar-refractivity contribution in [3.63, 3.8) is 0 Å². The normalized spacial score (nSPS) is 8.73. The number of hydrogen-bond acceptors (Lipinski definition) is 3. The van der Waals surface area contributed by atoms with E-state index in [1.807, 2.05) is 6.92 Å². The zero-order chi connectivity index (χ0) is 8.10. The molecule has 0 bridgehead atoms. The van der Waals surface area contributed by atoms with Crippen molar-refractivity contribution in [1.82, 2.24) is 9.97 Å². The smallest absolute Gasteiger partial charge is 0.217 e. The quantitative estimate of drug-likeness (QED) is 0.582. The van der Waals surface area contributed by atoms with Gasteiger partial charge >= 0.3 is 0 Å². The molecule has 11 heavy (non-hydrogen) atoms. The van der Waals surface area contributed by atoms with Crippen LogP contribution < -0.4 is 4.74 Å². The summed E-state index contributed by atoms with van der Waals surface area (Å²) in [4.78, 5) is 7.75. The summed E-state index contributed by atoms with van der Waals surface area (Å²) in [5.74, 6) is 2.88. The van der Waals surface area contributed by atoms with E-state index in [0.29, 0.717) is 5.88 Å². The molecule has 56 valence electrons. The standard InChI is InChI=1S/C8H8N2O/c1-3-4-11-8-5-7(2)9-6-10-8/h1,5-6H,4H2,2H3. The van der Waals surface area contributed by atoms with E-state index in [-0.39, 0.29) is 6.61 Å². The Morgan fingerprint density at radius 1 is 1.64 bits per heavy atom. The molecule has 0 fully saturated rings. The van der Waals surface area contributed by atoms with E-state index in [1.54, 1.807) is 6.07 Å². The van der Waals surface area contributed by atoms with E-state index in [9.17, 15) is 0 Å². The van der Waals surface area contributed by atoms with Crippen LogP contribution in [-0.4, -0.2) is 16.6 Å². The largest absolute Gasteiger partial charge is 0.464 e. The van der Waals surface area contributed by atoms with Crippen LogP contribution in [0.15, 0.2) is 12.4 Å². The van der Waals surface area contributed by atoms with Crippen LogP contribution in [0, 0.1) is 19.3 Å². The van der Waals surface area contributed by atoms with Gasteiger partial charge in [-0.1, -0.05) is 5.92 Å². The van der Waals surface area contributed by atoms with Crippen LogP contribution >= 0.6 is 0 Å². The summed E-state index contributed by atoms with van der Waals surface area (Å²) in [7, 11) is 0. The second-order valence-corrected chi connectivity index (χ2v) is 1.99. The third-order valence-corrected chi connectivity index (χ3v) is 1.08. The van der Waals surface area contributed by atoms with Gasteiger partial charge in [0.05, 0.1) is 0 Å². The molecule has 0 amide bonds. The summed E-state index contributed by atoms with van der Waals surface area (Å²) in [6.07, 6.45) is 6.44. The van der Waals surface area contributed by atoms with Crippen LogP contribution in [0.1, 0.15) is 5.69 Å². The molecule has 3 heteroatoms. The average Bonchev–Trinajstić information content (AvgIpc) is 2.01. The van der Waals surface area contributed by atoms with Crippen LogP contribution in [0.2, 0.25) is 0 Å². The lowest BCUT2D eigenvalue weighted by Gasteiger charge is -1.99. The molecule has 0 saturated heterocycles. The van der Waals surface area contributed by atoms with Gasteiger partial charge < -0.3 is 4.74 Å². The Balaban J connectivity index is 2.65. The van der Waals surface area contributed by atoms with E-state index in [2.05, 4.69) is 15.9 Å². The Bertz CT molecular complexity index is 278. The van der Waals surface area contributed by atoms with Crippen molar-refractivity contribution in [3.8, 4) is 18.2 Å². The van der Waals surface area contributed by atoms with Crippen molar-refractivity contribution in [3.05, 3.63) is 18.1 Å². The first-order chi connectivity index (χ1) is 5.33.